The van der Waals surface area contributed by atoms with E-state index in [1.54, 1.807) is 29.2 Å². The van der Waals surface area contributed by atoms with Crippen molar-refractivity contribution in [2.24, 2.45) is 0 Å². The van der Waals surface area contributed by atoms with Crippen molar-refractivity contribution in [3.63, 3.8) is 0 Å². The summed E-state index contributed by atoms with van der Waals surface area (Å²) in [7, 11) is 0. The van der Waals surface area contributed by atoms with E-state index in [1.807, 2.05) is 6.92 Å². The zero-order chi connectivity index (χ0) is 23.2. The third kappa shape index (κ3) is 2.79. The molecular weight excluding hydrogens is 384 g/mol. The lowest BCUT2D eigenvalue weighted by molar-refractivity contribution is -0.123. The van der Waals surface area contributed by atoms with Crippen LogP contribution in [0.15, 0.2) is 42.4 Å². The van der Waals surface area contributed by atoms with Crippen LogP contribution in [0.1, 0.15) is 39.3 Å². The molecule has 2 aromatic carbocycles. The minimum absolute atomic E-state index is 0.0413. The molecular formula is C22H20N4O2S. The van der Waals surface area contributed by atoms with Crippen LogP contribution in [0.5, 0.6) is 0 Å². The quantitative estimate of drug-likeness (QED) is 0.618. The summed E-state index contributed by atoms with van der Waals surface area (Å²) < 4.78 is 22.6. The average molecular weight is 408 g/mol. The Balaban J connectivity index is 1.73. The smallest absolute Gasteiger partial charge is 0.259 e. The Morgan fingerprint density at radius 3 is 2.66 bits per heavy atom. The van der Waals surface area contributed by atoms with Crippen molar-refractivity contribution < 1.29 is 13.7 Å². The van der Waals surface area contributed by atoms with Crippen LogP contribution < -0.4 is 15.1 Å². The van der Waals surface area contributed by atoms with Crippen LogP contribution in [-0.2, 0) is 4.79 Å². The number of anilines is 2. The molecule has 29 heavy (non-hydrogen) atoms. The van der Waals surface area contributed by atoms with Gasteiger partial charge >= 0.3 is 0 Å². The topological polar surface area (TPSA) is 57.0 Å². The Morgan fingerprint density at radius 1 is 1.31 bits per heavy atom. The fourth-order valence-corrected chi connectivity index (χ4v) is 4.36. The number of aryl methyl sites for hydroxylation is 1. The summed E-state index contributed by atoms with van der Waals surface area (Å²) in [5.41, 5.74) is 1.61. The molecule has 1 aliphatic carbocycles. The molecule has 146 valence electrons. The van der Waals surface area contributed by atoms with E-state index in [0.29, 0.717) is 35.0 Å². The SMILES string of the molecule is [2H]c1cc(N2C(=S)N(c3ccc([N+]#[C-])c(C)c3)C(=O)C23CCC3)ccc1C(=O)NC([2H])[2H]. The Morgan fingerprint density at radius 2 is 2.07 bits per heavy atom. The molecule has 1 saturated carbocycles. The molecule has 2 aromatic rings. The molecule has 2 fully saturated rings. The Bertz CT molecular complexity index is 1190. The third-order valence-corrected chi connectivity index (χ3v) is 5.95. The van der Waals surface area contributed by atoms with E-state index >= 15 is 0 Å². The predicted molar refractivity (Wildman–Crippen MR) is 116 cm³/mol. The Kier molecular flexibility index (Phi) is 3.77. The summed E-state index contributed by atoms with van der Waals surface area (Å²) in [6.07, 6.45) is 2.12. The molecule has 0 bridgehead atoms. The van der Waals surface area contributed by atoms with Crippen LogP contribution in [-0.4, -0.2) is 29.5 Å². The molecule has 0 unspecified atom stereocenters. The highest BCUT2D eigenvalue weighted by molar-refractivity contribution is 7.81. The number of carbonyl (C=O) groups excluding carboxylic acids is 2. The second-order valence-corrected chi connectivity index (χ2v) is 7.53. The summed E-state index contributed by atoms with van der Waals surface area (Å²) in [5.74, 6) is -0.810. The molecule has 2 amide bonds. The number of thiocarbonyl (C=S) groups is 1. The summed E-state index contributed by atoms with van der Waals surface area (Å²) in [6, 6.07) is 9.63. The highest BCUT2D eigenvalue weighted by atomic mass is 32.1. The first kappa shape index (κ1) is 15.7. The first-order valence-electron chi connectivity index (χ1n) is 10.8. The zero-order valence-corrected chi connectivity index (χ0v) is 16.5. The van der Waals surface area contributed by atoms with Crippen molar-refractivity contribution in [3.05, 3.63) is 65.0 Å². The van der Waals surface area contributed by atoms with Gasteiger partial charge < -0.3 is 10.2 Å². The minimum Gasteiger partial charge on any atom is -0.355 e. The van der Waals surface area contributed by atoms with Gasteiger partial charge in [0.05, 0.1) is 7.94 Å². The van der Waals surface area contributed by atoms with Gasteiger partial charge in [0.2, 0.25) is 0 Å². The fourth-order valence-electron chi connectivity index (χ4n) is 3.89. The zero-order valence-electron chi connectivity index (χ0n) is 18.7. The molecule has 7 heteroatoms. The number of amides is 2. The van der Waals surface area contributed by atoms with Gasteiger partial charge in [-0.05, 0) is 80.3 Å². The van der Waals surface area contributed by atoms with Gasteiger partial charge in [-0.1, -0.05) is 6.07 Å². The van der Waals surface area contributed by atoms with E-state index in [-0.39, 0.29) is 17.5 Å². The number of carbonyl (C=O) groups is 2. The number of hydrogen-bond donors (Lipinski definition) is 1. The molecule has 1 heterocycles. The molecule has 1 aliphatic heterocycles. The second kappa shape index (κ2) is 6.98. The third-order valence-electron chi connectivity index (χ3n) is 5.58. The number of nitrogens with zero attached hydrogens (tertiary/aromatic N) is 3. The lowest BCUT2D eigenvalue weighted by atomic mass is 9.75. The molecule has 0 aromatic heterocycles. The summed E-state index contributed by atoms with van der Waals surface area (Å²) in [5, 5.41) is 2.43. The van der Waals surface area contributed by atoms with Crippen LogP contribution in [0.3, 0.4) is 0 Å². The van der Waals surface area contributed by atoms with Crippen LogP contribution in [0.25, 0.3) is 4.85 Å². The first-order valence-corrected chi connectivity index (χ1v) is 9.53. The van der Waals surface area contributed by atoms with Crippen molar-refractivity contribution >= 4 is 46.2 Å². The molecule has 0 radical (unpaired) electrons. The fraction of sp³-hybridized carbons (Fsp3) is 0.273. The predicted octanol–water partition coefficient (Wildman–Crippen LogP) is 3.97. The van der Waals surface area contributed by atoms with Gasteiger partial charge in [-0.2, -0.15) is 0 Å². The largest absolute Gasteiger partial charge is 0.355 e. The molecule has 1 spiro atoms. The molecule has 6 nitrogen and oxygen atoms in total. The normalized spacial score (nSPS) is 18.9. The van der Waals surface area contributed by atoms with Gasteiger partial charge in [0.25, 0.3) is 11.8 Å². The van der Waals surface area contributed by atoms with Gasteiger partial charge in [-0.25, -0.2) is 4.85 Å². The van der Waals surface area contributed by atoms with Crippen LogP contribution in [0, 0.1) is 13.5 Å². The standard InChI is InChI=1S/C22H20N4O2S/c1-14-13-17(9-10-18(14)23-2)25-20(28)22(11-4-12-22)26(21(25)29)16-7-5-15(6-8-16)19(27)24-3/h5-10,13H,4,11-12H2,1,3H3,(H,24,27)/i3D2,5D. The van der Waals surface area contributed by atoms with Crippen LogP contribution >= 0.6 is 12.2 Å². The number of rotatable bonds is 3. The molecule has 2 aliphatic rings. The van der Waals surface area contributed by atoms with Gasteiger partial charge in [-0.3, -0.25) is 14.5 Å². The van der Waals surface area contributed by atoms with Gasteiger partial charge in [0.15, 0.2) is 10.8 Å². The van der Waals surface area contributed by atoms with E-state index in [4.69, 9.17) is 22.9 Å². The Labute approximate surface area is 179 Å². The van der Waals surface area contributed by atoms with Crippen molar-refractivity contribution in [2.75, 3.05) is 16.8 Å². The average Bonchev–Trinajstić information content (AvgIpc) is 2.94. The van der Waals surface area contributed by atoms with E-state index < -0.39 is 18.4 Å². The number of nitrogens with one attached hydrogen (secondary N) is 1. The maximum atomic E-state index is 13.5. The number of benzene rings is 2. The van der Waals surface area contributed by atoms with Gasteiger partial charge in [-0.15, -0.1) is 0 Å². The minimum atomic E-state index is -1.53. The monoisotopic (exact) mass is 407 g/mol. The number of hydrogen-bond acceptors (Lipinski definition) is 3. The van der Waals surface area contributed by atoms with Crippen LogP contribution in [0.4, 0.5) is 17.1 Å². The van der Waals surface area contributed by atoms with E-state index in [2.05, 4.69) is 10.2 Å². The molecule has 0 atom stereocenters. The maximum absolute atomic E-state index is 13.5. The van der Waals surface area contributed by atoms with E-state index in [0.717, 1.165) is 12.0 Å². The lowest BCUT2D eigenvalue weighted by Gasteiger charge is -2.43. The molecule has 1 saturated heterocycles. The van der Waals surface area contributed by atoms with Crippen molar-refractivity contribution in [1.29, 1.82) is 0 Å². The first-order chi connectivity index (χ1) is 15.2. The molecule has 1 N–H and O–H groups in total. The van der Waals surface area contributed by atoms with E-state index in [9.17, 15) is 9.59 Å². The van der Waals surface area contributed by atoms with Gasteiger partial charge in [0, 0.05) is 26.7 Å². The van der Waals surface area contributed by atoms with Gasteiger partial charge in [0.1, 0.15) is 5.54 Å². The van der Waals surface area contributed by atoms with Crippen molar-refractivity contribution in [3.8, 4) is 0 Å². The van der Waals surface area contributed by atoms with E-state index in [1.165, 1.54) is 17.0 Å². The molecule has 4 rings (SSSR count). The second-order valence-electron chi connectivity index (χ2n) is 7.16. The lowest BCUT2D eigenvalue weighted by Crippen LogP contribution is -2.55. The Hall–Kier alpha value is -3.24. The highest BCUT2D eigenvalue weighted by Gasteiger charge is 2.59. The summed E-state index contributed by atoms with van der Waals surface area (Å²) in [4.78, 5) is 32.4. The van der Waals surface area contributed by atoms with Crippen molar-refractivity contribution in [1.82, 2.24) is 5.32 Å². The van der Waals surface area contributed by atoms with Crippen LogP contribution in [0.2, 0.25) is 0 Å². The highest BCUT2D eigenvalue weighted by Crippen LogP contribution is 2.48. The maximum Gasteiger partial charge on any atom is 0.259 e. The summed E-state index contributed by atoms with van der Waals surface area (Å²) in [6.45, 7) is 7.52. The van der Waals surface area contributed by atoms with Crippen molar-refractivity contribution in [2.45, 2.75) is 31.7 Å². The summed E-state index contributed by atoms with van der Waals surface area (Å²) >= 11 is 5.72.